The van der Waals surface area contributed by atoms with Crippen molar-refractivity contribution in [3.63, 3.8) is 0 Å². The van der Waals surface area contributed by atoms with Crippen LogP contribution in [0, 0.1) is 0 Å². The molecule has 0 N–H and O–H groups in total. The zero-order valence-corrected chi connectivity index (χ0v) is 10.6. The van der Waals surface area contributed by atoms with E-state index in [9.17, 15) is 4.79 Å². The molecule has 0 aliphatic heterocycles. The van der Waals surface area contributed by atoms with E-state index < -0.39 is 0 Å². The Morgan fingerprint density at radius 3 is 2.56 bits per heavy atom. The number of aryl methyl sites for hydroxylation is 1. The van der Waals surface area contributed by atoms with Crippen molar-refractivity contribution >= 4 is 6.08 Å². The molecule has 1 aromatic heterocycles. The molecule has 0 aliphatic rings. The van der Waals surface area contributed by atoms with Crippen LogP contribution in [0.3, 0.4) is 0 Å². The molecule has 18 heavy (non-hydrogen) atoms. The van der Waals surface area contributed by atoms with Crippen LogP contribution in [0.25, 0.3) is 6.08 Å². The molecule has 2 aromatic rings. The van der Waals surface area contributed by atoms with Gasteiger partial charge in [0.05, 0.1) is 0 Å². The van der Waals surface area contributed by atoms with E-state index in [4.69, 9.17) is 0 Å². The Bertz CT molecular complexity index is 564. The van der Waals surface area contributed by atoms with E-state index in [2.05, 4.69) is 6.92 Å². The van der Waals surface area contributed by atoms with Gasteiger partial charge in [-0.3, -0.25) is 9.13 Å². The van der Waals surface area contributed by atoms with Crippen molar-refractivity contribution in [3.8, 4) is 0 Å². The van der Waals surface area contributed by atoms with Crippen LogP contribution in [0.2, 0.25) is 0 Å². The molecule has 0 unspecified atom stereocenters. The van der Waals surface area contributed by atoms with Crippen LogP contribution >= 0.6 is 0 Å². The van der Waals surface area contributed by atoms with Gasteiger partial charge in [0.1, 0.15) is 0 Å². The third-order valence-electron chi connectivity index (χ3n) is 2.79. The van der Waals surface area contributed by atoms with E-state index in [1.165, 1.54) is 0 Å². The summed E-state index contributed by atoms with van der Waals surface area (Å²) in [6.45, 7) is 3.47. The van der Waals surface area contributed by atoms with Gasteiger partial charge in [-0.2, -0.15) is 0 Å². The minimum absolute atomic E-state index is 0.0644. The lowest BCUT2D eigenvalue weighted by atomic mass is 10.2. The second-order valence-electron chi connectivity index (χ2n) is 4.24. The molecule has 3 nitrogen and oxygen atoms in total. The van der Waals surface area contributed by atoms with Gasteiger partial charge in [0.15, 0.2) is 0 Å². The first-order valence-corrected chi connectivity index (χ1v) is 6.28. The first kappa shape index (κ1) is 12.4. The maximum Gasteiger partial charge on any atom is 0.328 e. The quantitative estimate of drug-likeness (QED) is 0.792. The van der Waals surface area contributed by atoms with E-state index in [-0.39, 0.29) is 5.69 Å². The van der Waals surface area contributed by atoms with Gasteiger partial charge in [-0.1, -0.05) is 49.4 Å². The monoisotopic (exact) mass is 242 g/mol. The molecule has 0 bridgehead atoms. The van der Waals surface area contributed by atoms with Crippen LogP contribution in [0.1, 0.15) is 18.9 Å². The summed E-state index contributed by atoms with van der Waals surface area (Å²) in [5, 5.41) is 0. The molecule has 0 radical (unpaired) electrons. The van der Waals surface area contributed by atoms with Crippen LogP contribution in [0.5, 0.6) is 0 Å². The van der Waals surface area contributed by atoms with Gasteiger partial charge >= 0.3 is 5.69 Å². The first-order chi connectivity index (χ1) is 8.81. The summed E-state index contributed by atoms with van der Waals surface area (Å²) in [6, 6.07) is 10.1. The van der Waals surface area contributed by atoms with Gasteiger partial charge in [-0.05, 0) is 12.0 Å². The van der Waals surface area contributed by atoms with Crippen molar-refractivity contribution < 1.29 is 0 Å². The topological polar surface area (TPSA) is 26.9 Å². The number of nitrogens with zero attached hydrogens (tertiary/aromatic N) is 2. The average molecular weight is 242 g/mol. The summed E-state index contributed by atoms with van der Waals surface area (Å²) < 4.78 is 3.46. The Hall–Kier alpha value is -2.03. The minimum Gasteiger partial charge on any atom is -0.299 e. The smallest absolute Gasteiger partial charge is 0.299 e. The maximum atomic E-state index is 11.9. The molecule has 0 amide bonds. The van der Waals surface area contributed by atoms with Crippen LogP contribution in [0.15, 0.2) is 53.6 Å². The fourth-order valence-corrected chi connectivity index (χ4v) is 1.87. The lowest BCUT2D eigenvalue weighted by molar-refractivity contribution is 0.627. The molecule has 0 spiro atoms. The van der Waals surface area contributed by atoms with Gasteiger partial charge in [0.25, 0.3) is 0 Å². The number of benzene rings is 1. The van der Waals surface area contributed by atoms with E-state index in [1.54, 1.807) is 9.13 Å². The molecule has 1 aromatic carbocycles. The SMILES string of the molecule is CCCn1ccn(C/C=C/c2ccccc2)c1=O. The number of hydrogen-bond acceptors (Lipinski definition) is 1. The van der Waals surface area contributed by atoms with Gasteiger partial charge in [0.2, 0.25) is 0 Å². The molecular weight excluding hydrogens is 224 g/mol. The van der Waals surface area contributed by atoms with E-state index in [0.29, 0.717) is 6.54 Å². The maximum absolute atomic E-state index is 11.9. The van der Waals surface area contributed by atoms with E-state index in [1.807, 2.05) is 54.9 Å². The average Bonchev–Trinajstić information content (AvgIpc) is 2.73. The van der Waals surface area contributed by atoms with Gasteiger partial charge in [-0.25, -0.2) is 4.79 Å². The number of rotatable bonds is 5. The van der Waals surface area contributed by atoms with Crippen LogP contribution in [-0.2, 0) is 13.1 Å². The summed E-state index contributed by atoms with van der Waals surface area (Å²) in [4.78, 5) is 11.9. The number of aromatic nitrogens is 2. The summed E-state index contributed by atoms with van der Waals surface area (Å²) in [7, 11) is 0. The van der Waals surface area contributed by atoms with Crippen LogP contribution in [0.4, 0.5) is 0 Å². The molecule has 0 saturated carbocycles. The minimum atomic E-state index is 0.0644. The molecule has 1 heterocycles. The molecular formula is C15H18N2O. The lowest BCUT2D eigenvalue weighted by Crippen LogP contribution is -2.23. The second kappa shape index (κ2) is 6.05. The molecule has 94 valence electrons. The highest BCUT2D eigenvalue weighted by Crippen LogP contribution is 2.01. The van der Waals surface area contributed by atoms with E-state index in [0.717, 1.165) is 18.5 Å². The van der Waals surface area contributed by atoms with Crippen molar-refractivity contribution in [2.45, 2.75) is 26.4 Å². The molecule has 2 rings (SSSR count). The van der Waals surface area contributed by atoms with Crippen molar-refractivity contribution in [1.82, 2.24) is 9.13 Å². The number of allylic oxidation sites excluding steroid dienone is 1. The Balaban J connectivity index is 2.03. The standard InChI is InChI=1S/C15H18N2O/c1-2-10-16-12-13-17(15(16)18)11-6-9-14-7-4-3-5-8-14/h3-9,12-13H,2,10-11H2,1H3/b9-6+. The predicted octanol–water partition coefficient (Wildman–Crippen LogP) is 2.77. The molecule has 0 saturated heterocycles. The van der Waals surface area contributed by atoms with Gasteiger partial charge in [0, 0.05) is 25.5 Å². The van der Waals surface area contributed by atoms with Crippen molar-refractivity contribution in [3.05, 3.63) is 64.8 Å². The summed E-state index contributed by atoms with van der Waals surface area (Å²) in [5.41, 5.74) is 1.22. The number of hydrogen-bond donors (Lipinski definition) is 0. The van der Waals surface area contributed by atoms with Crippen molar-refractivity contribution in [1.29, 1.82) is 0 Å². The Morgan fingerprint density at radius 2 is 1.83 bits per heavy atom. The van der Waals surface area contributed by atoms with Crippen LogP contribution in [-0.4, -0.2) is 9.13 Å². The van der Waals surface area contributed by atoms with E-state index >= 15 is 0 Å². The van der Waals surface area contributed by atoms with Crippen LogP contribution < -0.4 is 5.69 Å². The zero-order valence-electron chi connectivity index (χ0n) is 10.6. The fraction of sp³-hybridized carbons (Fsp3) is 0.267. The zero-order chi connectivity index (χ0) is 12.8. The highest BCUT2D eigenvalue weighted by atomic mass is 16.1. The highest BCUT2D eigenvalue weighted by Gasteiger charge is 1.99. The largest absolute Gasteiger partial charge is 0.328 e. The molecule has 0 aliphatic carbocycles. The Morgan fingerprint density at radius 1 is 1.11 bits per heavy atom. The second-order valence-corrected chi connectivity index (χ2v) is 4.24. The summed E-state index contributed by atoms with van der Waals surface area (Å²) >= 11 is 0. The third-order valence-corrected chi connectivity index (χ3v) is 2.79. The Kier molecular flexibility index (Phi) is 4.18. The first-order valence-electron chi connectivity index (χ1n) is 6.28. The normalized spacial score (nSPS) is 11.2. The third kappa shape index (κ3) is 3.00. The molecule has 3 heteroatoms. The fourth-order valence-electron chi connectivity index (χ4n) is 1.87. The van der Waals surface area contributed by atoms with Gasteiger partial charge in [-0.15, -0.1) is 0 Å². The molecule has 0 atom stereocenters. The summed E-state index contributed by atoms with van der Waals surface area (Å²) in [5.74, 6) is 0. The van der Waals surface area contributed by atoms with Gasteiger partial charge < -0.3 is 0 Å². The summed E-state index contributed by atoms with van der Waals surface area (Å²) in [6.07, 6.45) is 8.70. The Labute approximate surface area is 107 Å². The highest BCUT2D eigenvalue weighted by molar-refractivity contribution is 5.48. The number of imidazole rings is 1. The molecule has 0 fully saturated rings. The van der Waals surface area contributed by atoms with Crippen molar-refractivity contribution in [2.75, 3.05) is 0 Å². The predicted molar refractivity (Wildman–Crippen MR) is 74.5 cm³/mol. The lowest BCUT2D eigenvalue weighted by Gasteiger charge is -1.97. The van der Waals surface area contributed by atoms with Crippen molar-refractivity contribution in [2.24, 2.45) is 0 Å².